The lowest BCUT2D eigenvalue weighted by molar-refractivity contribution is 0.139. The van der Waals surface area contributed by atoms with Gasteiger partial charge in [0.2, 0.25) is 0 Å². The quantitative estimate of drug-likeness (QED) is 0.926. The molecule has 1 aromatic carbocycles. The number of rotatable bonds is 3. The number of thiazole rings is 1. The molecular weight excluding hydrogens is 268 g/mol. The Morgan fingerprint density at radius 2 is 2.20 bits per heavy atom. The van der Waals surface area contributed by atoms with E-state index in [0.717, 1.165) is 46.3 Å². The first-order chi connectivity index (χ1) is 9.50. The number of nitrogens with two attached hydrogens (primary N) is 1. The molecule has 0 spiro atoms. The summed E-state index contributed by atoms with van der Waals surface area (Å²) < 4.78 is 6.11. The van der Waals surface area contributed by atoms with Crippen molar-refractivity contribution >= 4 is 16.3 Å². The monoisotopic (exact) mass is 288 g/mol. The highest BCUT2D eigenvalue weighted by Gasteiger charge is 2.32. The molecule has 0 unspecified atom stereocenters. The summed E-state index contributed by atoms with van der Waals surface area (Å²) in [4.78, 5) is 4.71. The largest absolute Gasteiger partial charge is 0.487 e. The van der Waals surface area contributed by atoms with Crippen LogP contribution in [0.4, 0.5) is 5.00 Å². The number of aromatic nitrogens is 1. The van der Waals surface area contributed by atoms with E-state index >= 15 is 0 Å². The van der Waals surface area contributed by atoms with Crippen molar-refractivity contribution in [2.24, 2.45) is 0 Å². The summed E-state index contributed by atoms with van der Waals surface area (Å²) in [5.41, 5.74) is 9.18. The number of para-hydroxylation sites is 1. The first-order valence-corrected chi connectivity index (χ1v) is 7.88. The molecule has 3 rings (SSSR count). The molecule has 2 N–H and O–H groups in total. The molecule has 0 radical (unpaired) electrons. The van der Waals surface area contributed by atoms with Gasteiger partial charge >= 0.3 is 0 Å². The Morgan fingerprint density at radius 3 is 2.95 bits per heavy atom. The van der Waals surface area contributed by atoms with Gasteiger partial charge in [-0.3, -0.25) is 0 Å². The average molecular weight is 288 g/mol. The highest BCUT2D eigenvalue weighted by Crippen LogP contribution is 2.44. The van der Waals surface area contributed by atoms with Gasteiger partial charge in [-0.1, -0.05) is 19.1 Å². The number of anilines is 1. The van der Waals surface area contributed by atoms with Crippen molar-refractivity contribution in [2.45, 2.75) is 45.6 Å². The maximum atomic E-state index is 6.17. The molecule has 2 heterocycles. The smallest absolute Gasteiger partial charge is 0.132 e. The van der Waals surface area contributed by atoms with Gasteiger partial charge in [-0.05, 0) is 38.3 Å². The Bertz CT molecular complexity index is 646. The van der Waals surface area contributed by atoms with Gasteiger partial charge in [0.05, 0.1) is 5.01 Å². The lowest BCUT2D eigenvalue weighted by atomic mass is 10.00. The van der Waals surface area contributed by atoms with Crippen molar-refractivity contribution in [3.63, 3.8) is 0 Å². The molecule has 0 fully saturated rings. The third-order valence-electron chi connectivity index (χ3n) is 3.51. The van der Waals surface area contributed by atoms with Crippen LogP contribution >= 0.6 is 11.3 Å². The number of benzene rings is 1. The zero-order valence-corrected chi connectivity index (χ0v) is 13.0. The van der Waals surface area contributed by atoms with Crippen LogP contribution in [0.15, 0.2) is 18.2 Å². The fourth-order valence-electron chi connectivity index (χ4n) is 2.69. The van der Waals surface area contributed by atoms with Gasteiger partial charge in [-0.25, -0.2) is 4.98 Å². The second-order valence-electron chi connectivity index (χ2n) is 5.90. The lowest BCUT2D eigenvalue weighted by Gasteiger charge is -2.18. The number of hydrogen-bond acceptors (Lipinski definition) is 4. The van der Waals surface area contributed by atoms with E-state index in [1.807, 2.05) is 0 Å². The Labute approximate surface area is 123 Å². The van der Waals surface area contributed by atoms with Gasteiger partial charge in [0.25, 0.3) is 0 Å². The normalized spacial score (nSPS) is 15.9. The molecular formula is C16H20N2OS. The van der Waals surface area contributed by atoms with E-state index in [4.69, 9.17) is 15.5 Å². The topological polar surface area (TPSA) is 48.1 Å². The van der Waals surface area contributed by atoms with Gasteiger partial charge in [0, 0.05) is 12.0 Å². The predicted octanol–water partition coefficient (Wildman–Crippen LogP) is 4.06. The zero-order chi connectivity index (χ0) is 14.3. The van der Waals surface area contributed by atoms with E-state index < -0.39 is 0 Å². The van der Waals surface area contributed by atoms with E-state index in [0.29, 0.717) is 0 Å². The summed E-state index contributed by atoms with van der Waals surface area (Å²) >= 11 is 1.59. The Kier molecular flexibility index (Phi) is 3.21. The molecule has 1 aliphatic heterocycles. The van der Waals surface area contributed by atoms with Gasteiger partial charge in [-0.15, -0.1) is 11.3 Å². The molecule has 0 amide bonds. The van der Waals surface area contributed by atoms with Gasteiger partial charge in [0.15, 0.2) is 0 Å². The number of ether oxygens (including phenoxy) is 1. The van der Waals surface area contributed by atoms with Gasteiger partial charge < -0.3 is 10.5 Å². The lowest BCUT2D eigenvalue weighted by Crippen LogP contribution is -2.24. The van der Waals surface area contributed by atoms with Gasteiger partial charge in [0.1, 0.15) is 22.0 Å². The Morgan fingerprint density at radius 1 is 1.40 bits per heavy atom. The molecule has 0 bridgehead atoms. The summed E-state index contributed by atoms with van der Waals surface area (Å²) in [5.74, 6) is 0.956. The number of nitrogen functional groups attached to an aromatic ring is 1. The maximum Gasteiger partial charge on any atom is 0.132 e. The fourth-order valence-corrected chi connectivity index (χ4v) is 3.64. The van der Waals surface area contributed by atoms with Crippen molar-refractivity contribution in [2.75, 3.05) is 5.73 Å². The standard InChI is InChI=1S/C16H20N2OS/c1-4-6-12-18-13(15(17)20-12)11-8-5-7-10-9-16(2,3)19-14(10)11/h5,7-8H,4,6,9,17H2,1-3H3. The summed E-state index contributed by atoms with van der Waals surface area (Å²) in [5, 5.41) is 1.89. The second kappa shape index (κ2) is 4.77. The maximum absolute atomic E-state index is 6.17. The molecule has 106 valence electrons. The second-order valence-corrected chi connectivity index (χ2v) is 7.02. The average Bonchev–Trinajstić information content (AvgIpc) is 2.87. The molecule has 0 saturated heterocycles. The number of aryl methyl sites for hydroxylation is 1. The van der Waals surface area contributed by atoms with Crippen molar-refractivity contribution in [1.82, 2.24) is 4.98 Å². The molecule has 2 aromatic rings. The van der Waals surface area contributed by atoms with E-state index in [1.54, 1.807) is 11.3 Å². The third kappa shape index (κ3) is 2.29. The minimum Gasteiger partial charge on any atom is -0.487 e. The van der Waals surface area contributed by atoms with Crippen LogP contribution in [0.5, 0.6) is 5.75 Å². The van der Waals surface area contributed by atoms with Crippen molar-refractivity contribution < 1.29 is 4.74 Å². The SMILES string of the molecule is CCCc1nc(-c2cccc3c2OC(C)(C)C3)c(N)s1. The van der Waals surface area contributed by atoms with Crippen LogP contribution in [0.3, 0.4) is 0 Å². The van der Waals surface area contributed by atoms with Crippen LogP contribution in [-0.4, -0.2) is 10.6 Å². The molecule has 1 aliphatic rings. The zero-order valence-electron chi connectivity index (χ0n) is 12.2. The summed E-state index contributed by atoms with van der Waals surface area (Å²) in [7, 11) is 0. The molecule has 20 heavy (non-hydrogen) atoms. The first kappa shape index (κ1) is 13.4. The highest BCUT2D eigenvalue weighted by atomic mass is 32.1. The van der Waals surface area contributed by atoms with Gasteiger partial charge in [-0.2, -0.15) is 0 Å². The third-order valence-corrected chi connectivity index (χ3v) is 4.45. The molecule has 1 aromatic heterocycles. The molecule has 4 heteroatoms. The van der Waals surface area contributed by atoms with Crippen LogP contribution in [0.2, 0.25) is 0 Å². The minimum absolute atomic E-state index is 0.143. The Balaban J connectivity index is 2.07. The Hall–Kier alpha value is -1.55. The molecule has 0 atom stereocenters. The van der Waals surface area contributed by atoms with E-state index in [-0.39, 0.29) is 5.60 Å². The molecule has 0 saturated carbocycles. The van der Waals surface area contributed by atoms with Crippen LogP contribution < -0.4 is 10.5 Å². The van der Waals surface area contributed by atoms with Crippen molar-refractivity contribution in [3.05, 3.63) is 28.8 Å². The highest BCUT2D eigenvalue weighted by molar-refractivity contribution is 7.16. The number of hydrogen-bond donors (Lipinski definition) is 1. The van der Waals surface area contributed by atoms with E-state index in [1.165, 1.54) is 5.56 Å². The summed E-state index contributed by atoms with van der Waals surface area (Å²) in [6.07, 6.45) is 3.00. The molecule has 0 aliphatic carbocycles. The summed E-state index contributed by atoms with van der Waals surface area (Å²) in [6.45, 7) is 6.39. The van der Waals surface area contributed by atoms with E-state index in [9.17, 15) is 0 Å². The van der Waals surface area contributed by atoms with Crippen molar-refractivity contribution in [3.8, 4) is 17.0 Å². The number of nitrogens with zero attached hydrogens (tertiary/aromatic N) is 1. The van der Waals surface area contributed by atoms with E-state index in [2.05, 4.69) is 39.0 Å². The summed E-state index contributed by atoms with van der Waals surface area (Å²) in [6, 6.07) is 6.25. The fraction of sp³-hybridized carbons (Fsp3) is 0.438. The predicted molar refractivity (Wildman–Crippen MR) is 84.4 cm³/mol. The minimum atomic E-state index is -0.143. The number of fused-ring (bicyclic) bond motifs is 1. The molecule has 3 nitrogen and oxygen atoms in total. The van der Waals surface area contributed by atoms with Crippen LogP contribution in [0.1, 0.15) is 37.8 Å². The van der Waals surface area contributed by atoms with Crippen LogP contribution in [0.25, 0.3) is 11.3 Å². The van der Waals surface area contributed by atoms with Crippen LogP contribution in [0, 0.1) is 0 Å². The first-order valence-electron chi connectivity index (χ1n) is 7.06. The van der Waals surface area contributed by atoms with Crippen LogP contribution in [-0.2, 0) is 12.8 Å². The van der Waals surface area contributed by atoms with Crippen molar-refractivity contribution in [1.29, 1.82) is 0 Å².